The van der Waals surface area contributed by atoms with E-state index in [1.807, 2.05) is 35.0 Å². The molecule has 1 aromatic carbocycles. The highest BCUT2D eigenvalue weighted by Crippen LogP contribution is 2.38. The molecule has 8 nitrogen and oxygen atoms in total. The summed E-state index contributed by atoms with van der Waals surface area (Å²) in [7, 11) is 3.41. The molecule has 39 heavy (non-hydrogen) atoms. The number of esters is 1. The zero-order chi connectivity index (χ0) is 27.9. The van der Waals surface area contributed by atoms with E-state index >= 15 is 0 Å². The van der Waals surface area contributed by atoms with Gasteiger partial charge in [-0.15, -0.1) is 0 Å². The van der Waals surface area contributed by atoms with Crippen molar-refractivity contribution >= 4 is 39.5 Å². The van der Waals surface area contributed by atoms with Gasteiger partial charge in [-0.25, -0.2) is 9.79 Å². The van der Waals surface area contributed by atoms with E-state index in [-0.39, 0.29) is 17.8 Å². The van der Waals surface area contributed by atoms with Crippen molar-refractivity contribution in [1.82, 2.24) is 9.80 Å². The van der Waals surface area contributed by atoms with Gasteiger partial charge in [0.1, 0.15) is 11.8 Å². The molecule has 4 atom stereocenters. The smallest absolute Gasteiger partial charge is 0.328 e. The molecule has 4 unspecified atom stereocenters. The Balaban J connectivity index is 1.33. The lowest BCUT2D eigenvalue weighted by atomic mass is 9.93. The molecule has 0 saturated heterocycles. The molecule has 9 heteroatoms. The van der Waals surface area contributed by atoms with E-state index in [1.165, 1.54) is 32.8 Å². The summed E-state index contributed by atoms with van der Waals surface area (Å²) in [6, 6.07) is 5.66. The van der Waals surface area contributed by atoms with Crippen molar-refractivity contribution in [3.8, 4) is 5.75 Å². The molecule has 2 N–H and O–H groups in total. The average Bonchev–Trinajstić information content (AvgIpc) is 3.62. The Bertz CT molecular complexity index is 1030. The van der Waals surface area contributed by atoms with E-state index in [0.717, 1.165) is 49.1 Å². The van der Waals surface area contributed by atoms with Crippen LogP contribution in [0.3, 0.4) is 0 Å². The number of hydrogen-bond donors (Lipinski definition) is 1. The Morgan fingerprint density at radius 2 is 1.97 bits per heavy atom. The number of guanidine groups is 1. The van der Waals surface area contributed by atoms with Gasteiger partial charge in [0.2, 0.25) is 5.91 Å². The van der Waals surface area contributed by atoms with E-state index in [4.69, 9.17) is 15.2 Å². The van der Waals surface area contributed by atoms with Gasteiger partial charge in [0.05, 0.1) is 19.4 Å². The van der Waals surface area contributed by atoms with Gasteiger partial charge in [0.25, 0.3) is 0 Å². The summed E-state index contributed by atoms with van der Waals surface area (Å²) in [6.45, 7) is 3.14. The number of methoxy groups -OCH3 is 1. The first-order valence-corrected chi connectivity index (χ1v) is 15.6. The van der Waals surface area contributed by atoms with Crippen LogP contribution in [0.4, 0.5) is 5.69 Å². The van der Waals surface area contributed by atoms with Crippen LogP contribution in [0, 0.1) is 11.8 Å². The Hall–Kier alpha value is -2.29. The molecule has 2 aliphatic carbocycles. The molecular weight excluding hydrogens is 560 g/mol. The first kappa shape index (κ1) is 29.7. The maximum Gasteiger partial charge on any atom is 0.328 e. The van der Waals surface area contributed by atoms with Crippen molar-refractivity contribution in [2.75, 3.05) is 20.8 Å². The van der Waals surface area contributed by atoms with E-state index in [1.54, 1.807) is 0 Å². The molecule has 216 valence electrons. The summed E-state index contributed by atoms with van der Waals surface area (Å²) in [6.07, 6.45) is 11.3. The van der Waals surface area contributed by atoms with Crippen molar-refractivity contribution in [3.05, 3.63) is 23.8 Å². The number of aliphatic imine (C=N–C) groups is 1. The normalized spacial score (nSPS) is 22.7. The van der Waals surface area contributed by atoms with Crippen LogP contribution in [-0.2, 0) is 20.9 Å². The first-order chi connectivity index (χ1) is 18.8. The Kier molecular flexibility index (Phi) is 10.6. The summed E-state index contributed by atoms with van der Waals surface area (Å²) < 4.78 is 11.2. The molecule has 4 rings (SSSR count). The van der Waals surface area contributed by atoms with Gasteiger partial charge in [-0.2, -0.15) is 0 Å². The lowest BCUT2D eigenvalue weighted by Gasteiger charge is -2.36. The van der Waals surface area contributed by atoms with Crippen LogP contribution in [0.5, 0.6) is 5.75 Å². The van der Waals surface area contributed by atoms with E-state index in [0.29, 0.717) is 48.7 Å². The minimum Gasteiger partial charge on any atom is -0.494 e. The third-order valence-corrected chi connectivity index (χ3v) is 9.61. The number of halogens is 1. The van der Waals surface area contributed by atoms with Gasteiger partial charge in [0.15, 0.2) is 5.96 Å². The highest BCUT2D eigenvalue weighted by molar-refractivity contribution is 9.09. The maximum absolute atomic E-state index is 13.0. The third kappa shape index (κ3) is 7.27. The Morgan fingerprint density at radius 1 is 1.21 bits per heavy atom. The van der Waals surface area contributed by atoms with Gasteiger partial charge in [-0.05, 0) is 75.0 Å². The minimum absolute atomic E-state index is 0.151. The molecule has 1 amide bonds. The van der Waals surface area contributed by atoms with Gasteiger partial charge in [-0.3, -0.25) is 4.79 Å². The van der Waals surface area contributed by atoms with Crippen LogP contribution in [0.1, 0.15) is 83.1 Å². The second kappa shape index (κ2) is 13.9. The number of amides is 1. The predicted octanol–water partition coefficient (Wildman–Crippen LogP) is 5.53. The highest BCUT2D eigenvalue weighted by Gasteiger charge is 2.41. The fourth-order valence-corrected chi connectivity index (χ4v) is 7.42. The zero-order valence-electron chi connectivity index (χ0n) is 23.7. The van der Waals surface area contributed by atoms with E-state index < -0.39 is 6.04 Å². The zero-order valence-corrected chi connectivity index (χ0v) is 25.3. The summed E-state index contributed by atoms with van der Waals surface area (Å²) in [4.78, 5) is 34.6. The maximum atomic E-state index is 13.0. The second-order valence-corrected chi connectivity index (χ2v) is 12.7. The lowest BCUT2D eigenvalue weighted by molar-refractivity contribution is -0.147. The second-order valence-electron chi connectivity index (χ2n) is 11.4. The highest BCUT2D eigenvalue weighted by atomic mass is 79.9. The number of benzene rings is 1. The van der Waals surface area contributed by atoms with Crippen LogP contribution in [0.15, 0.2) is 23.2 Å². The molecule has 0 spiro atoms. The number of carbonyl (C=O) groups excluding carboxylic acids is 2. The van der Waals surface area contributed by atoms with E-state index in [9.17, 15) is 9.59 Å². The van der Waals surface area contributed by atoms with Crippen molar-refractivity contribution in [1.29, 1.82) is 0 Å². The van der Waals surface area contributed by atoms with E-state index in [2.05, 4.69) is 27.8 Å². The average molecular weight is 606 g/mol. The molecule has 2 saturated carbocycles. The number of alkyl halides is 1. The van der Waals surface area contributed by atoms with Crippen LogP contribution in [0.2, 0.25) is 0 Å². The quantitative estimate of drug-likeness (QED) is 0.191. The van der Waals surface area contributed by atoms with Gasteiger partial charge in [-0.1, -0.05) is 42.1 Å². The topological polar surface area (TPSA) is 97.5 Å². The summed E-state index contributed by atoms with van der Waals surface area (Å²) >= 11 is 3.70. The molecular formula is C30H45BrN4O4. The van der Waals surface area contributed by atoms with Gasteiger partial charge < -0.3 is 25.0 Å². The standard InChI is InChI=1S/C30H45BrN4O4/c1-4-8-26(20-9-5-6-10-20)34(2)27(36)11-7-16-39-24-14-15-25-22(18-24)19-35(30(32)33-25)28(29(37)38-3)21-12-13-23(31)17-21/h14-15,18,20-21,23,26,28H,4-13,16-17,19H2,1-3H3,(H2,32,33). The monoisotopic (exact) mass is 604 g/mol. The fourth-order valence-electron chi connectivity index (χ4n) is 6.68. The van der Waals surface area contributed by atoms with Crippen LogP contribution in [0.25, 0.3) is 0 Å². The predicted molar refractivity (Wildman–Crippen MR) is 157 cm³/mol. The lowest BCUT2D eigenvalue weighted by Crippen LogP contribution is -2.52. The number of nitrogens with two attached hydrogens (primary N) is 1. The van der Waals surface area contributed by atoms with Crippen LogP contribution < -0.4 is 10.5 Å². The third-order valence-electron chi connectivity index (χ3n) is 8.78. The van der Waals surface area contributed by atoms with Gasteiger partial charge in [0, 0.05) is 36.4 Å². The number of ether oxygens (including phenoxy) is 2. The molecule has 0 radical (unpaired) electrons. The summed E-state index contributed by atoms with van der Waals surface area (Å²) in [5, 5.41) is 0. The number of carbonyl (C=O) groups is 2. The van der Waals surface area contributed by atoms with Crippen molar-refractivity contribution in [3.63, 3.8) is 0 Å². The summed E-state index contributed by atoms with van der Waals surface area (Å²) in [5.74, 6) is 1.80. The number of fused-ring (bicyclic) bond motifs is 1. The molecule has 1 heterocycles. The molecule has 3 aliphatic rings. The fraction of sp³-hybridized carbons (Fsp3) is 0.700. The van der Waals surface area contributed by atoms with Crippen LogP contribution in [-0.4, -0.2) is 65.3 Å². The number of hydrogen-bond acceptors (Lipinski definition) is 7. The molecule has 0 aromatic heterocycles. The Labute approximate surface area is 241 Å². The largest absolute Gasteiger partial charge is 0.494 e. The number of rotatable bonds is 12. The van der Waals surface area contributed by atoms with Crippen LogP contribution >= 0.6 is 15.9 Å². The van der Waals surface area contributed by atoms with Gasteiger partial charge >= 0.3 is 5.97 Å². The van der Waals surface area contributed by atoms with Crippen molar-refractivity contribution in [2.45, 2.75) is 101 Å². The number of nitrogens with zero attached hydrogens (tertiary/aromatic N) is 3. The molecule has 1 aliphatic heterocycles. The summed E-state index contributed by atoms with van der Waals surface area (Å²) in [5.41, 5.74) is 8.09. The Morgan fingerprint density at radius 3 is 2.64 bits per heavy atom. The SMILES string of the molecule is CCCC(C1CCCC1)N(C)C(=O)CCCOc1ccc2c(c1)CN(C(C(=O)OC)C1CCC(Br)C1)C(N)=N2. The minimum atomic E-state index is -0.470. The van der Waals surface area contributed by atoms with Crippen molar-refractivity contribution < 1.29 is 19.1 Å². The molecule has 2 fully saturated rings. The molecule has 0 bridgehead atoms. The van der Waals surface area contributed by atoms with Crippen molar-refractivity contribution in [2.24, 2.45) is 22.6 Å². The first-order valence-electron chi connectivity index (χ1n) is 14.7. The molecule has 1 aromatic rings.